The molecule has 47 heavy (non-hydrogen) atoms. The fourth-order valence-corrected chi connectivity index (χ4v) is 5.05. The van der Waals surface area contributed by atoms with E-state index in [0.29, 0.717) is 11.1 Å². The number of rotatable bonds is 11. The van der Waals surface area contributed by atoms with Crippen LogP contribution in [0.3, 0.4) is 0 Å². The number of carbonyl (C=O) groups excluding carboxylic acids is 2. The Bertz CT molecular complexity index is 1410. The molecule has 0 aromatic heterocycles. The van der Waals surface area contributed by atoms with E-state index in [4.69, 9.17) is 28.4 Å². The molecular weight excluding hydrogens is 628 g/mol. The minimum atomic E-state index is -1.81. The number of phenols is 4. The molecule has 8 N–H and O–H groups in total. The number of ether oxygens (including phenoxy) is 6. The van der Waals surface area contributed by atoms with Gasteiger partial charge in [-0.1, -0.05) is 12.1 Å². The average Bonchev–Trinajstić information content (AvgIpc) is 3.03. The average molecular weight is 667 g/mol. The second-order valence-corrected chi connectivity index (χ2v) is 11.0. The molecule has 0 amide bonds. The van der Waals surface area contributed by atoms with E-state index in [2.05, 4.69) is 0 Å². The molecule has 10 atom stereocenters. The highest BCUT2D eigenvalue weighted by molar-refractivity contribution is 5.87. The fourth-order valence-electron chi connectivity index (χ4n) is 5.05. The molecule has 0 spiro atoms. The second-order valence-electron chi connectivity index (χ2n) is 11.0. The van der Waals surface area contributed by atoms with Gasteiger partial charge in [0.2, 0.25) is 0 Å². The molecule has 4 rings (SSSR count). The molecule has 0 saturated carbocycles. The monoisotopic (exact) mass is 666 g/mol. The number of aliphatic hydroxyl groups is 4. The van der Waals surface area contributed by atoms with Crippen molar-refractivity contribution in [2.24, 2.45) is 0 Å². The maximum atomic E-state index is 13.0. The Kier molecular flexibility index (Phi) is 12.0. The third-order valence-corrected chi connectivity index (χ3v) is 7.55. The van der Waals surface area contributed by atoms with Gasteiger partial charge in [0.1, 0.15) is 30.5 Å². The van der Waals surface area contributed by atoms with Gasteiger partial charge < -0.3 is 69.3 Å². The molecule has 2 aliphatic heterocycles. The predicted molar refractivity (Wildman–Crippen MR) is 157 cm³/mol. The van der Waals surface area contributed by atoms with E-state index in [9.17, 15) is 50.4 Å². The Labute approximate surface area is 268 Å². The van der Waals surface area contributed by atoms with Crippen LogP contribution in [0.25, 0.3) is 6.08 Å². The molecular formula is C31H38O16. The summed E-state index contributed by atoms with van der Waals surface area (Å²) in [6.45, 7) is 1.62. The van der Waals surface area contributed by atoms with Gasteiger partial charge in [0.05, 0.1) is 19.3 Å². The molecule has 0 bridgehead atoms. The van der Waals surface area contributed by atoms with Crippen molar-refractivity contribution in [2.75, 3.05) is 13.2 Å². The molecule has 16 heteroatoms. The van der Waals surface area contributed by atoms with E-state index >= 15 is 0 Å². The van der Waals surface area contributed by atoms with E-state index in [0.717, 1.165) is 13.0 Å². The third kappa shape index (κ3) is 8.88. The zero-order valence-corrected chi connectivity index (χ0v) is 25.4. The van der Waals surface area contributed by atoms with Crippen LogP contribution >= 0.6 is 0 Å². The van der Waals surface area contributed by atoms with Crippen molar-refractivity contribution in [1.82, 2.24) is 0 Å². The molecule has 2 aliphatic rings. The number of carbonyl (C=O) groups is 2. The number of aromatic hydroxyl groups is 4. The van der Waals surface area contributed by atoms with Crippen LogP contribution in [-0.4, -0.2) is 127 Å². The van der Waals surface area contributed by atoms with E-state index in [1.165, 1.54) is 49.4 Å². The van der Waals surface area contributed by atoms with Crippen molar-refractivity contribution in [3.8, 4) is 23.0 Å². The second kappa shape index (κ2) is 15.7. The molecule has 2 fully saturated rings. The molecule has 2 saturated heterocycles. The summed E-state index contributed by atoms with van der Waals surface area (Å²) in [7, 11) is 0. The maximum Gasteiger partial charge on any atom is 0.331 e. The summed E-state index contributed by atoms with van der Waals surface area (Å²) < 4.78 is 34.4. The maximum absolute atomic E-state index is 13.0. The van der Waals surface area contributed by atoms with E-state index < -0.39 is 85.7 Å². The van der Waals surface area contributed by atoms with Gasteiger partial charge in [0.25, 0.3) is 0 Å². The van der Waals surface area contributed by atoms with Gasteiger partial charge in [-0.3, -0.25) is 4.79 Å². The topological polar surface area (TPSA) is 251 Å². The van der Waals surface area contributed by atoms with Crippen molar-refractivity contribution < 1.29 is 78.9 Å². The first-order chi connectivity index (χ1) is 22.3. The molecule has 0 aliphatic carbocycles. The normalized spacial score (nSPS) is 31.0. The summed E-state index contributed by atoms with van der Waals surface area (Å²) in [6.07, 6.45) is -12.7. The predicted octanol–water partition coefficient (Wildman–Crippen LogP) is -0.445. The summed E-state index contributed by atoms with van der Waals surface area (Å²) >= 11 is 0. The van der Waals surface area contributed by atoms with Crippen LogP contribution in [0.5, 0.6) is 23.0 Å². The van der Waals surface area contributed by atoms with Crippen LogP contribution in [0.1, 0.15) is 25.0 Å². The van der Waals surface area contributed by atoms with E-state index in [-0.39, 0.29) is 30.3 Å². The highest BCUT2D eigenvalue weighted by atomic mass is 16.8. The summed E-state index contributed by atoms with van der Waals surface area (Å²) in [5.41, 5.74) is 0.879. The van der Waals surface area contributed by atoms with Gasteiger partial charge in [-0.15, -0.1) is 0 Å². The molecule has 2 aromatic carbocycles. The summed E-state index contributed by atoms with van der Waals surface area (Å²) in [6, 6.07) is 7.94. The van der Waals surface area contributed by atoms with Gasteiger partial charge in [0.15, 0.2) is 47.8 Å². The van der Waals surface area contributed by atoms with Crippen molar-refractivity contribution in [2.45, 2.75) is 81.7 Å². The standard InChI is InChI=1S/C31H38O16/c1-14-24(39)25(40)26(41)30(43-14)47-28-27(46-23(38)8-5-16-3-6-18(34)20(36)11-16)22(13-32)45-31(29(28)44-15(2)33)42-10-9-17-4-7-19(35)21(37)12-17/h3-8,11-12,14,22,24-32,34-37,39-41H,9-10,13H2,1-2H3/b8-5-/t14-,22+,24-,25-,26+,27+,28-,29+,30+,31+/m1/s1. The van der Waals surface area contributed by atoms with Gasteiger partial charge in [0, 0.05) is 13.0 Å². The lowest BCUT2D eigenvalue weighted by molar-refractivity contribution is -0.358. The Hall–Kier alpha value is -4.00. The number of hydrogen-bond acceptors (Lipinski definition) is 16. The van der Waals surface area contributed by atoms with E-state index in [1.807, 2.05) is 0 Å². The summed E-state index contributed by atoms with van der Waals surface area (Å²) in [5.74, 6) is -3.31. The van der Waals surface area contributed by atoms with Gasteiger partial charge >= 0.3 is 11.9 Å². The SMILES string of the molecule is CC(=O)O[C@@H]1[C@@H](OCCc2ccc(O)c(O)c2)O[C@@H](CO)[C@H](OC(=O)/C=C\c2ccc(O)c(O)c2)[C@H]1O[C@@H]1O[C@H](C)[C@@H](O)[C@@H](O)[C@@H]1O. The van der Waals surface area contributed by atoms with E-state index in [1.54, 1.807) is 0 Å². The van der Waals surface area contributed by atoms with Crippen molar-refractivity contribution >= 4 is 18.0 Å². The Balaban J connectivity index is 1.61. The molecule has 2 aromatic rings. The van der Waals surface area contributed by atoms with Gasteiger partial charge in [-0.25, -0.2) is 4.79 Å². The first-order valence-electron chi connectivity index (χ1n) is 14.6. The number of aliphatic hydroxyl groups excluding tert-OH is 4. The zero-order valence-electron chi connectivity index (χ0n) is 25.4. The molecule has 16 nitrogen and oxygen atoms in total. The lowest BCUT2D eigenvalue weighted by Crippen LogP contribution is -2.65. The van der Waals surface area contributed by atoms with Crippen molar-refractivity contribution in [3.05, 3.63) is 53.6 Å². The third-order valence-electron chi connectivity index (χ3n) is 7.55. The number of benzene rings is 2. The quantitative estimate of drug-likeness (QED) is 0.0859. The number of hydrogen-bond donors (Lipinski definition) is 8. The smallest absolute Gasteiger partial charge is 0.331 e. The number of phenolic OH excluding ortho intramolecular Hbond substituents is 4. The largest absolute Gasteiger partial charge is 0.504 e. The highest BCUT2D eigenvalue weighted by Crippen LogP contribution is 2.33. The number of esters is 2. The summed E-state index contributed by atoms with van der Waals surface area (Å²) in [4.78, 5) is 25.3. The van der Waals surface area contributed by atoms with Crippen molar-refractivity contribution in [1.29, 1.82) is 0 Å². The Morgan fingerprint density at radius 3 is 2.13 bits per heavy atom. The molecule has 2 heterocycles. The van der Waals surface area contributed by atoms with Crippen LogP contribution < -0.4 is 0 Å². The lowest BCUT2D eigenvalue weighted by atomic mass is 9.96. The van der Waals surface area contributed by atoms with Crippen molar-refractivity contribution in [3.63, 3.8) is 0 Å². The minimum Gasteiger partial charge on any atom is -0.504 e. The summed E-state index contributed by atoms with van der Waals surface area (Å²) in [5, 5.41) is 80.1. The first-order valence-corrected chi connectivity index (χ1v) is 14.6. The molecule has 0 radical (unpaired) electrons. The van der Waals surface area contributed by atoms with Gasteiger partial charge in [-0.2, -0.15) is 0 Å². The van der Waals surface area contributed by atoms with Crippen LogP contribution in [-0.2, 0) is 44.4 Å². The fraction of sp³-hybridized carbons (Fsp3) is 0.484. The lowest BCUT2D eigenvalue weighted by Gasteiger charge is -2.47. The van der Waals surface area contributed by atoms with Crippen LogP contribution in [0.2, 0.25) is 0 Å². The minimum absolute atomic E-state index is 0.103. The zero-order chi connectivity index (χ0) is 34.4. The van der Waals surface area contributed by atoms with Crippen LogP contribution in [0.15, 0.2) is 42.5 Å². The molecule has 258 valence electrons. The Morgan fingerprint density at radius 2 is 1.49 bits per heavy atom. The molecule has 0 unspecified atom stereocenters. The van der Waals surface area contributed by atoms with Crippen LogP contribution in [0, 0.1) is 0 Å². The van der Waals surface area contributed by atoms with Gasteiger partial charge in [-0.05, 0) is 54.8 Å². The van der Waals surface area contributed by atoms with Crippen LogP contribution in [0.4, 0.5) is 0 Å². The Morgan fingerprint density at radius 1 is 0.809 bits per heavy atom. The first kappa shape index (κ1) is 35.8. The highest BCUT2D eigenvalue weighted by Gasteiger charge is 2.54.